The van der Waals surface area contributed by atoms with Crippen molar-refractivity contribution in [2.75, 3.05) is 12.8 Å². The fourth-order valence-corrected chi connectivity index (χ4v) is 2.28. The van der Waals surface area contributed by atoms with Crippen molar-refractivity contribution in [1.29, 1.82) is 0 Å². The van der Waals surface area contributed by atoms with Crippen LogP contribution in [0.5, 0.6) is 5.75 Å². The van der Waals surface area contributed by atoms with Gasteiger partial charge in [-0.1, -0.05) is 6.07 Å². The first-order valence-corrected chi connectivity index (χ1v) is 6.71. The lowest BCUT2D eigenvalue weighted by Gasteiger charge is -2.07. The summed E-state index contributed by atoms with van der Waals surface area (Å²) >= 11 is 3.10. The van der Waals surface area contributed by atoms with Crippen molar-refractivity contribution in [2.45, 2.75) is 6.42 Å². The van der Waals surface area contributed by atoms with Crippen LogP contribution in [-0.4, -0.2) is 12.9 Å². The number of methoxy groups -OCH3 is 1. The number of ether oxygens (including phenoxy) is 1. The van der Waals surface area contributed by atoms with Crippen LogP contribution >= 0.6 is 15.9 Å². The highest BCUT2D eigenvalue weighted by atomic mass is 79.9. The zero-order valence-corrected chi connectivity index (χ0v) is 12.4. The predicted molar refractivity (Wildman–Crippen MR) is 79.5 cm³/mol. The molecule has 0 heterocycles. The molecule has 20 heavy (non-hydrogen) atoms. The van der Waals surface area contributed by atoms with E-state index < -0.39 is 0 Å². The van der Waals surface area contributed by atoms with Crippen molar-refractivity contribution in [3.05, 3.63) is 57.8 Å². The lowest BCUT2D eigenvalue weighted by atomic mass is 10.0. The Morgan fingerprint density at radius 3 is 2.65 bits per heavy atom. The molecule has 0 aliphatic carbocycles. The van der Waals surface area contributed by atoms with Gasteiger partial charge in [0.05, 0.1) is 11.6 Å². The van der Waals surface area contributed by atoms with Gasteiger partial charge in [-0.2, -0.15) is 0 Å². The van der Waals surface area contributed by atoms with E-state index >= 15 is 0 Å². The maximum Gasteiger partial charge on any atom is 0.169 e. The molecule has 0 amide bonds. The molecule has 0 aliphatic heterocycles. The van der Waals surface area contributed by atoms with Crippen molar-refractivity contribution >= 4 is 27.4 Å². The van der Waals surface area contributed by atoms with Gasteiger partial charge in [0.15, 0.2) is 5.78 Å². The van der Waals surface area contributed by atoms with Crippen LogP contribution in [0, 0.1) is 5.82 Å². The number of anilines is 1. The number of Topliss-reactive ketones (excluding diaryl/α,β-unsaturated/α-hetero) is 1. The largest absolute Gasteiger partial charge is 0.497 e. The quantitative estimate of drug-likeness (QED) is 0.685. The molecule has 0 atom stereocenters. The van der Waals surface area contributed by atoms with Crippen LogP contribution in [0.3, 0.4) is 0 Å². The Hall–Kier alpha value is -1.88. The molecule has 0 radical (unpaired) electrons. The van der Waals surface area contributed by atoms with Crippen molar-refractivity contribution in [1.82, 2.24) is 0 Å². The molecule has 0 aliphatic rings. The molecule has 104 valence electrons. The van der Waals surface area contributed by atoms with Gasteiger partial charge < -0.3 is 10.5 Å². The van der Waals surface area contributed by atoms with E-state index in [-0.39, 0.29) is 18.0 Å². The maximum atomic E-state index is 13.1. The highest BCUT2D eigenvalue weighted by Gasteiger charge is 2.12. The number of ketones is 1. The van der Waals surface area contributed by atoms with E-state index in [0.717, 1.165) is 5.56 Å². The summed E-state index contributed by atoms with van der Waals surface area (Å²) in [5.41, 5.74) is 7.36. The minimum atomic E-state index is -0.356. The summed E-state index contributed by atoms with van der Waals surface area (Å²) in [6.45, 7) is 0. The molecule has 0 fully saturated rings. The fourth-order valence-electron chi connectivity index (χ4n) is 1.85. The Morgan fingerprint density at radius 1 is 1.30 bits per heavy atom. The lowest BCUT2D eigenvalue weighted by Crippen LogP contribution is -2.07. The summed E-state index contributed by atoms with van der Waals surface area (Å²) in [6.07, 6.45) is 0.162. The molecule has 2 rings (SSSR count). The SMILES string of the molecule is COc1ccc(C(=O)Cc2ccc(F)c(Br)c2)c(N)c1. The molecule has 5 heteroatoms. The Kier molecular flexibility index (Phi) is 4.39. The van der Waals surface area contributed by atoms with Crippen LogP contribution in [0.2, 0.25) is 0 Å². The van der Waals surface area contributed by atoms with E-state index in [2.05, 4.69) is 15.9 Å². The molecule has 2 aromatic rings. The summed E-state index contributed by atoms with van der Waals surface area (Å²) < 4.78 is 18.5. The Labute approximate surface area is 124 Å². The first-order chi connectivity index (χ1) is 9.51. The highest BCUT2D eigenvalue weighted by Crippen LogP contribution is 2.22. The van der Waals surface area contributed by atoms with Crippen LogP contribution in [0.1, 0.15) is 15.9 Å². The number of halogens is 2. The summed E-state index contributed by atoms with van der Waals surface area (Å²) in [5, 5.41) is 0. The average Bonchev–Trinajstić information content (AvgIpc) is 2.42. The van der Waals surface area contributed by atoms with Gasteiger partial charge in [-0.25, -0.2) is 4.39 Å². The second-order valence-corrected chi connectivity index (χ2v) is 5.16. The zero-order valence-electron chi connectivity index (χ0n) is 10.8. The molecule has 0 saturated carbocycles. The second kappa shape index (κ2) is 6.05. The first kappa shape index (κ1) is 14.5. The van der Waals surface area contributed by atoms with Gasteiger partial charge in [-0.15, -0.1) is 0 Å². The van der Waals surface area contributed by atoms with Gasteiger partial charge in [0.2, 0.25) is 0 Å². The number of benzene rings is 2. The Balaban J connectivity index is 2.21. The zero-order chi connectivity index (χ0) is 14.7. The van der Waals surface area contributed by atoms with Crippen molar-refractivity contribution in [2.24, 2.45) is 0 Å². The minimum Gasteiger partial charge on any atom is -0.497 e. The van der Waals surface area contributed by atoms with E-state index in [4.69, 9.17) is 10.5 Å². The molecule has 0 unspecified atom stereocenters. The van der Waals surface area contributed by atoms with E-state index in [0.29, 0.717) is 21.5 Å². The van der Waals surface area contributed by atoms with Crippen LogP contribution in [0.15, 0.2) is 40.9 Å². The fraction of sp³-hybridized carbons (Fsp3) is 0.133. The summed E-state index contributed by atoms with van der Waals surface area (Å²) in [4.78, 5) is 12.2. The smallest absolute Gasteiger partial charge is 0.169 e. The van der Waals surface area contributed by atoms with E-state index in [1.807, 2.05) is 0 Å². The third-order valence-electron chi connectivity index (χ3n) is 2.91. The highest BCUT2D eigenvalue weighted by molar-refractivity contribution is 9.10. The number of nitrogens with two attached hydrogens (primary N) is 1. The van der Waals surface area contributed by atoms with Gasteiger partial charge in [0, 0.05) is 23.7 Å². The molecular weight excluding hydrogens is 325 g/mol. The predicted octanol–water partition coefficient (Wildman–Crippen LogP) is 3.60. The molecule has 0 saturated heterocycles. The van der Waals surface area contributed by atoms with Crippen molar-refractivity contribution in [3.63, 3.8) is 0 Å². The van der Waals surface area contributed by atoms with Gasteiger partial charge in [0.1, 0.15) is 11.6 Å². The van der Waals surface area contributed by atoms with Gasteiger partial charge in [-0.05, 0) is 45.8 Å². The number of hydrogen-bond acceptors (Lipinski definition) is 3. The normalized spacial score (nSPS) is 10.3. The van der Waals surface area contributed by atoms with E-state index in [1.54, 1.807) is 30.3 Å². The third-order valence-corrected chi connectivity index (χ3v) is 3.52. The van der Waals surface area contributed by atoms with E-state index in [1.165, 1.54) is 13.2 Å². The first-order valence-electron chi connectivity index (χ1n) is 5.92. The van der Waals surface area contributed by atoms with Gasteiger partial charge in [0.25, 0.3) is 0 Å². The third kappa shape index (κ3) is 3.17. The molecule has 0 bridgehead atoms. The van der Waals surface area contributed by atoms with Gasteiger partial charge in [-0.3, -0.25) is 4.79 Å². The Morgan fingerprint density at radius 2 is 2.05 bits per heavy atom. The van der Waals surface area contributed by atoms with Gasteiger partial charge >= 0.3 is 0 Å². The van der Waals surface area contributed by atoms with Crippen LogP contribution < -0.4 is 10.5 Å². The summed E-state index contributed by atoms with van der Waals surface area (Å²) in [5.74, 6) is 0.123. The Bertz CT molecular complexity index is 658. The molecule has 3 nitrogen and oxygen atoms in total. The maximum absolute atomic E-state index is 13.1. The van der Waals surface area contributed by atoms with Crippen LogP contribution in [0.25, 0.3) is 0 Å². The monoisotopic (exact) mass is 337 g/mol. The second-order valence-electron chi connectivity index (χ2n) is 4.30. The average molecular weight is 338 g/mol. The number of rotatable bonds is 4. The van der Waals surface area contributed by atoms with Crippen LogP contribution in [0.4, 0.5) is 10.1 Å². The molecular formula is C15H13BrFNO2. The van der Waals surface area contributed by atoms with Crippen molar-refractivity contribution in [3.8, 4) is 5.75 Å². The lowest BCUT2D eigenvalue weighted by molar-refractivity contribution is 0.0994. The van der Waals surface area contributed by atoms with E-state index in [9.17, 15) is 9.18 Å². The molecule has 2 N–H and O–H groups in total. The number of carbonyl (C=O) groups is 1. The van der Waals surface area contributed by atoms with Crippen LogP contribution in [-0.2, 0) is 6.42 Å². The summed E-state index contributed by atoms with van der Waals surface area (Å²) in [7, 11) is 1.53. The molecule has 2 aromatic carbocycles. The minimum absolute atomic E-state index is 0.122. The summed E-state index contributed by atoms with van der Waals surface area (Å²) in [6, 6.07) is 9.42. The topological polar surface area (TPSA) is 52.3 Å². The molecule has 0 spiro atoms. The number of hydrogen-bond donors (Lipinski definition) is 1. The standard InChI is InChI=1S/C15H13BrFNO2/c1-20-10-3-4-11(14(18)8-10)15(19)7-9-2-5-13(17)12(16)6-9/h2-6,8H,7,18H2,1H3. The molecule has 0 aromatic heterocycles. The number of carbonyl (C=O) groups excluding carboxylic acids is 1. The number of nitrogen functional groups attached to an aromatic ring is 1. The van der Waals surface area contributed by atoms with Crippen molar-refractivity contribution < 1.29 is 13.9 Å².